The Balaban J connectivity index is 1.82. The van der Waals surface area contributed by atoms with Gasteiger partial charge in [-0.2, -0.15) is 5.10 Å². The van der Waals surface area contributed by atoms with E-state index in [0.717, 1.165) is 57.9 Å². The molecule has 1 N–H and O–H groups in total. The average molecular weight is 348 g/mol. The van der Waals surface area contributed by atoms with Crippen molar-refractivity contribution in [1.29, 1.82) is 0 Å². The van der Waals surface area contributed by atoms with Gasteiger partial charge in [0.25, 0.3) is 0 Å². The van der Waals surface area contributed by atoms with Crippen LogP contribution in [0.4, 0.5) is 5.82 Å². The zero-order valence-corrected chi connectivity index (χ0v) is 14.9. The molecule has 0 aliphatic carbocycles. The van der Waals surface area contributed by atoms with E-state index in [1.165, 1.54) is 0 Å². The van der Waals surface area contributed by atoms with Crippen LogP contribution in [0, 0.1) is 13.8 Å². The summed E-state index contributed by atoms with van der Waals surface area (Å²) in [5.74, 6) is 1.64. The van der Waals surface area contributed by atoms with Crippen LogP contribution in [0.5, 0.6) is 0 Å². The Morgan fingerprint density at radius 1 is 1.04 bits per heavy atom. The molecule has 1 aliphatic heterocycles. The summed E-state index contributed by atoms with van der Waals surface area (Å²) in [4.78, 5) is 5.79. The van der Waals surface area contributed by atoms with Gasteiger partial charge >= 0.3 is 0 Å². The Morgan fingerprint density at radius 3 is 2.58 bits per heavy atom. The molecule has 7 heteroatoms. The van der Waals surface area contributed by atoms with Gasteiger partial charge in [0.15, 0.2) is 11.6 Å². The van der Waals surface area contributed by atoms with Crippen LogP contribution >= 0.6 is 0 Å². The number of aromatic amines is 1. The quantitative estimate of drug-likeness (QED) is 0.603. The van der Waals surface area contributed by atoms with Crippen molar-refractivity contribution >= 4 is 27.6 Å². The average Bonchev–Trinajstić information content (AvgIpc) is 3.21. The predicted octanol–water partition coefficient (Wildman–Crippen LogP) is 2.75. The number of hydrogen-bond donors (Lipinski definition) is 1. The number of hydrogen-bond acceptors (Lipinski definition) is 5. The number of H-pyrrole nitrogens is 1. The van der Waals surface area contributed by atoms with Gasteiger partial charge in [-0.05, 0) is 26.0 Å². The van der Waals surface area contributed by atoms with Crippen LogP contribution < -0.4 is 4.90 Å². The molecule has 7 nitrogen and oxygen atoms in total. The fraction of sp³-hybridized carbons (Fsp3) is 0.316. The lowest BCUT2D eigenvalue weighted by atomic mass is 10.1. The third-order valence-corrected chi connectivity index (χ3v) is 4.91. The third-order valence-electron chi connectivity index (χ3n) is 4.91. The van der Waals surface area contributed by atoms with Gasteiger partial charge in [-0.15, -0.1) is 10.2 Å². The molecule has 0 bridgehead atoms. The second-order valence-electron chi connectivity index (χ2n) is 6.71. The van der Waals surface area contributed by atoms with Gasteiger partial charge in [-0.3, -0.25) is 0 Å². The van der Waals surface area contributed by atoms with E-state index in [0.29, 0.717) is 13.2 Å². The number of morpholine rings is 1. The van der Waals surface area contributed by atoms with Crippen LogP contribution in [-0.2, 0) is 4.74 Å². The lowest BCUT2D eigenvalue weighted by Gasteiger charge is -2.28. The lowest BCUT2D eigenvalue weighted by Crippen LogP contribution is -2.37. The van der Waals surface area contributed by atoms with E-state index in [1.807, 2.05) is 30.7 Å². The van der Waals surface area contributed by atoms with Crippen LogP contribution in [0.15, 0.2) is 30.3 Å². The van der Waals surface area contributed by atoms with Crippen molar-refractivity contribution in [2.75, 3.05) is 31.2 Å². The molecule has 1 aromatic carbocycles. The number of ether oxygens (including phenoxy) is 1. The normalized spacial score (nSPS) is 15.2. The Kier molecular flexibility index (Phi) is 3.43. The molecule has 0 amide bonds. The molecule has 1 saturated heterocycles. The van der Waals surface area contributed by atoms with Crippen LogP contribution in [0.25, 0.3) is 27.6 Å². The number of anilines is 1. The summed E-state index contributed by atoms with van der Waals surface area (Å²) >= 11 is 0. The first kappa shape index (κ1) is 15.3. The van der Waals surface area contributed by atoms with E-state index < -0.39 is 0 Å². The van der Waals surface area contributed by atoms with E-state index in [4.69, 9.17) is 4.74 Å². The number of aromatic nitrogens is 5. The zero-order chi connectivity index (χ0) is 17.7. The number of nitrogens with one attached hydrogen (secondary N) is 1. The van der Waals surface area contributed by atoms with Crippen molar-refractivity contribution in [1.82, 2.24) is 25.0 Å². The van der Waals surface area contributed by atoms with Crippen LogP contribution in [0.2, 0.25) is 0 Å². The monoisotopic (exact) mass is 348 g/mol. The van der Waals surface area contributed by atoms with Crippen molar-refractivity contribution in [2.24, 2.45) is 0 Å². The van der Waals surface area contributed by atoms with Crippen LogP contribution in [-0.4, -0.2) is 51.3 Å². The summed E-state index contributed by atoms with van der Waals surface area (Å²) in [6.45, 7) is 7.09. The summed E-state index contributed by atoms with van der Waals surface area (Å²) in [6.07, 6.45) is 0. The van der Waals surface area contributed by atoms with Crippen molar-refractivity contribution in [2.45, 2.75) is 13.8 Å². The van der Waals surface area contributed by atoms with Crippen molar-refractivity contribution in [3.05, 3.63) is 41.7 Å². The minimum atomic E-state index is 0.713. The SMILES string of the molecule is Cc1cc(C)n(-c2nnc(N3CCOCC3)c3c2[nH]c2ccccc23)n1. The fourth-order valence-electron chi connectivity index (χ4n) is 3.72. The number of para-hydroxylation sites is 1. The Morgan fingerprint density at radius 2 is 1.81 bits per heavy atom. The third kappa shape index (κ3) is 2.28. The first-order chi connectivity index (χ1) is 12.7. The van der Waals surface area contributed by atoms with E-state index in [-0.39, 0.29) is 0 Å². The minimum Gasteiger partial charge on any atom is -0.378 e. The van der Waals surface area contributed by atoms with Crippen molar-refractivity contribution < 1.29 is 4.74 Å². The molecule has 5 rings (SSSR count). The molecule has 0 radical (unpaired) electrons. The largest absolute Gasteiger partial charge is 0.378 e. The number of nitrogens with zero attached hydrogens (tertiary/aromatic N) is 5. The molecule has 1 aliphatic rings. The molecule has 0 atom stereocenters. The number of fused-ring (bicyclic) bond motifs is 3. The smallest absolute Gasteiger partial charge is 0.200 e. The molecule has 4 aromatic rings. The maximum Gasteiger partial charge on any atom is 0.200 e. The van der Waals surface area contributed by atoms with Gasteiger partial charge in [0.1, 0.15) is 0 Å². The molecule has 0 spiro atoms. The second-order valence-corrected chi connectivity index (χ2v) is 6.71. The fourth-order valence-corrected chi connectivity index (χ4v) is 3.72. The molecule has 1 fully saturated rings. The van der Waals surface area contributed by atoms with Gasteiger partial charge < -0.3 is 14.6 Å². The summed E-state index contributed by atoms with van der Waals surface area (Å²) < 4.78 is 7.37. The summed E-state index contributed by atoms with van der Waals surface area (Å²) in [5, 5.41) is 16.0. The highest BCUT2D eigenvalue weighted by Gasteiger charge is 2.22. The van der Waals surface area contributed by atoms with E-state index >= 15 is 0 Å². The van der Waals surface area contributed by atoms with E-state index in [9.17, 15) is 0 Å². The molecule has 3 aromatic heterocycles. The highest BCUT2D eigenvalue weighted by atomic mass is 16.5. The van der Waals surface area contributed by atoms with Gasteiger partial charge in [0, 0.05) is 29.7 Å². The highest BCUT2D eigenvalue weighted by Crippen LogP contribution is 2.34. The first-order valence-corrected chi connectivity index (χ1v) is 8.86. The molecule has 0 unspecified atom stereocenters. The van der Waals surface area contributed by atoms with E-state index in [1.54, 1.807) is 0 Å². The number of benzene rings is 1. The highest BCUT2D eigenvalue weighted by molar-refractivity contribution is 6.14. The van der Waals surface area contributed by atoms with Crippen molar-refractivity contribution in [3.8, 4) is 5.82 Å². The number of aryl methyl sites for hydroxylation is 2. The Hall–Kier alpha value is -2.93. The molecule has 4 heterocycles. The first-order valence-electron chi connectivity index (χ1n) is 8.86. The lowest BCUT2D eigenvalue weighted by molar-refractivity contribution is 0.122. The van der Waals surface area contributed by atoms with Gasteiger partial charge in [0.2, 0.25) is 0 Å². The minimum absolute atomic E-state index is 0.713. The van der Waals surface area contributed by atoms with Crippen molar-refractivity contribution in [3.63, 3.8) is 0 Å². The van der Waals surface area contributed by atoms with E-state index in [2.05, 4.69) is 43.4 Å². The molecule has 132 valence electrons. The maximum absolute atomic E-state index is 5.50. The molecular weight excluding hydrogens is 328 g/mol. The standard InChI is InChI=1S/C19H20N6O/c1-12-11-13(2)25(23-12)19-17-16(14-5-3-4-6-15(14)20-17)18(21-22-19)24-7-9-26-10-8-24/h3-6,11,20H,7-10H2,1-2H3. The second kappa shape index (κ2) is 5.81. The predicted molar refractivity (Wildman–Crippen MR) is 101 cm³/mol. The van der Waals surface area contributed by atoms with Crippen LogP contribution in [0.3, 0.4) is 0 Å². The summed E-state index contributed by atoms with van der Waals surface area (Å²) in [6, 6.07) is 10.4. The summed E-state index contributed by atoms with van der Waals surface area (Å²) in [7, 11) is 0. The summed E-state index contributed by atoms with van der Waals surface area (Å²) in [5.41, 5.74) is 4.05. The maximum atomic E-state index is 5.50. The molecular formula is C19H20N6O. The van der Waals surface area contributed by atoms with Gasteiger partial charge in [-0.1, -0.05) is 18.2 Å². The molecule has 26 heavy (non-hydrogen) atoms. The van der Waals surface area contributed by atoms with Gasteiger partial charge in [-0.25, -0.2) is 4.68 Å². The Bertz CT molecular complexity index is 1110. The van der Waals surface area contributed by atoms with Gasteiger partial charge in [0.05, 0.1) is 29.8 Å². The molecule has 0 saturated carbocycles. The topological polar surface area (TPSA) is 71.9 Å². The Labute approximate surface area is 150 Å². The number of rotatable bonds is 2. The zero-order valence-electron chi connectivity index (χ0n) is 14.9. The van der Waals surface area contributed by atoms with Crippen LogP contribution in [0.1, 0.15) is 11.4 Å².